The number of para-hydroxylation sites is 1. The third-order valence-electron chi connectivity index (χ3n) is 4.65. The fourth-order valence-electron chi connectivity index (χ4n) is 3.18. The Morgan fingerprint density at radius 1 is 1.10 bits per heavy atom. The molecule has 0 N–H and O–H groups in total. The van der Waals surface area contributed by atoms with E-state index in [2.05, 4.69) is 0 Å². The van der Waals surface area contributed by atoms with Crippen molar-refractivity contribution >= 4 is 5.97 Å². The molecule has 154 valence electrons. The Labute approximate surface area is 174 Å². The molecule has 2 unspecified atom stereocenters. The summed E-state index contributed by atoms with van der Waals surface area (Å²) in [5.41, 5.74) is 1.86. The minimum absolute atomic E-state index is 0.136. The molecule has 0 aromatic heterocycles. The number of ether oxygens (including phenoxy) is 4. The van der Waals surface area contributed by atoms with Crippen LogP contribution in [0.3, 0.4) is 0 Å². The summed E-state index contributed by atoms with van der Waals surface area (Å²) in [7, 11) is 0. The Hall–Kier alpha value is -3.38. The summed E-state index contributed by atoms with van der Waals surface area (Å²) >= 11 is 0. The van der Waals surface area contributed by atoms with Crippen molar-refractivity contribution in [3.8, 4) is 11.5 Å². The van der Waals surface area contributed by atoms with Crippen LogP contribution in [0.4, 0.5) is 4.39 Å². The van der Waals surface area contributed by atoms with Crippen LogP contribution in [-0.2, 0) is 27.5 Å². The van der Waals surface area contributed by atoms with Gasteiger partial charge in [0.15, 0.2) is 6.10 Å². The van der Waals surface area contributed by atoms with Gasteiger partial charge in [0.2, 0.25) is 6.29 Å². The fraction of sp³-hybridized carbons (Fsp3) is 0.208. The zero-order valence-electron chi connectivity index (χ0n) is 16.4. The minimum atomic E-state index is -0.807. The first-order valence-corrected chi connectivity index (χ1v) is 9.63. The van der Waals surface area contributed by atoms with Gasteiger partial charge < -0.3 is 18.9 Å². The van der Waals surface area contributed by atoms with Crippen LogP contribution in [0.2, 0.25) is 0 Å². The molecular formula is C24H21FO5. The fourth-order valence-corrected chi connectivity index (χ4v) is 3.18. The molecule has 0 radical (unpaired) electrons. The van der Waals surface area contributed by atoms with Gasteiger partial charge in [0.05, 0.1) is 6.61 Å². The van der Waals surface area contributed by atoms with Gasteiger partial charge in [0.25, 0.3) is 0 Å². The number of carbonyl (C=O) groups excluding carboxylic acids is 1. The second kappa shape index (κ2) is 8.97. The maximum Gasteiger partial charge on any atom is 0.347 e. The van der Waals surface area contributed by atoms with Crippen molar-refractivity contribution in [2.24, 2.45) is 0 Å². The zero-order valence-corrected chi connectivity index (χ0v) is 16.4. The van der Waals surface area contributed by atoms with Crippen LogP contribution in [-0.4, -0.2) is 12.1 Å². The van der Waals surface area contributed by atoms with E-state index in [1.807, 2.05) is 48.5 Å². The SMILES string of the molecule is CC(Oc1ccccc1)C(=O)OCc1cc(F)cc2c1OC(c1ccccc1)OC2. The molecule has 0 aliphatic carbocycles. The van der Waals surface area contributed by atoms with Crippen molar-refractivity contribution in [2.45, 2.75) is 32.5 Å². The van der Waals surface area contributed by atoms with Crippen LogP contribution >= 0.6 is 0 Å². The van der Waals surface area contributed by atoms with Gasteiger partial charge >= 0.3 is 5.97 Å². The summed E-state index contributed by atoms with van der Waals surface area (Å²) in [6.45, 7) is 1.66. The second-order valence-electron chi connectivity index (χ2n) is 6.91. The summed E-state index contributed by atoms with van der Waals surface area (Å²) < 4.78 is 36.7. The van der Waals surface area contributed by atoms with E-state index in [-0.39, 0.29) is 13.2 Å². The first kappa shape index (κ1) is 19.9. The van der Waals surface area contributed by atoms with Gasteiger partial charge in [-0.15, -0.1) is 0 Å². The Balaban J connectivity index is 1.46. The van der Waals surface area contributed by atoms with Crippen LogP contribution < -0.4 is 9.47 Å². The lowest BCUT2D eigenvalue weighted by Gasteiger charge is -2.28. The molecule has 0 fully saturated rings. The largest absolute Gasteiger partial charge is 0.479 e. The quantitative estimate of drug-likeness (QED) is 0.541. The smallest absolute Gasteiger partial charge is 0.347 e. The van der Waals surface area contributed by atoms with Crippen molar-refractivity contribution in [3.63, 3.8) is 0 Å². The summed E-state index contributed by atoms with van der Waals surface area (Å²) in [6.07, 6.45) is -1.42. The maximum atomic E-state index is 14.1. The number of fused-ring (bicyclic) bond motifs is 1. The number of benzene rings is 3. The molecule has 0 saturated heterocycles. The van der Waals surface area contributed by atoms with Gasteiger partial charge in [-0.1, -0.05) is 48.5 Å². The van der Waals surface area contributed by atoms with Gasteiger partial charge in [-0.2, -0.15) is 0 Å². The van der Waals surface area contributed by atoms with E-state index in [9.17, 15) is 9.18 Å². The van der Waals surface area contributed by atoms with E-state index in [4.69, 9.17) is 18.9 Å². The Kier molecular flexibility index (Phi) is 5.95. The monoisotopic (exact) mass is 408 g/mol. The summed E-state index contributed by atoms with van der Waals surface area (Å²) in [4.78, 5) is 12.4. The van der Waals surface area contributed by atoms with Gasteiger partial charge in [0, 0.05) is 16.7 Å². The molecule has 4 rings (SSSR count). The molecule has 5 nitrogen and oxygen atoms in total. The number of hydrogen-bond donors (Lipinski definition) is 0. The number of hydrogen-bond acceptors (Lipinski definition) is 5. The average Bonchev–Trinajstić information content (AvgIpc) is 2.78. The average molecular weight is 408 g/mol. The van der Waals surface area contributed by atoms with Crippen molar-refractivity contribution < 1.29 is 28.1 Å². The molecule has 0 amide bonds. The van der Waals surface area contributed by atoms with Gasteiger partial charge in [-0.3, -0.25) is 0 Å². The Morgan fingerprint density at radius 2 is 1.80 bits per heavy atom. The maximum absolute atomic E-state index is 14.1. The third-order valence-corrected chi connectivity index (χ3v) is 4.65. The number of carbonyl (C=O) groups is 1. The van der Waals surface area contributed by atoms with Crippen molar-refractivity contribution in [1.82, 2.24) is 0 Å². The molecule has 30 heavy (non-hydrogen) atoms. The minimum Gasteiger partial charge on any atom is -0.479 e. The molecule has 0 saturated carbocycles. The van der Waals surface area contributed by atoms with E-state index >= 15 is 0 Å². The lowest BCUT2D eigenvalue weighted by Crippen LogP contribution is -2.26. The first-order valence-electron chi connectivity index (χ1n) is 9.63. The highest BCUT2D eigenvalue weighted by atomic mass is 19.1. The van der Waals surface area contributed by atoms with Crippen molar-refractivity contribution in [1.29, 1.82) is 0 Å². The lowest BCUT2D eigenvalue weighted by atomic mass is 10.1. The second-order valence-corrected chi connectivity index (χ2v) is 6.91. The van der Waals surface area contributed by atoms with Crippen LogP contribution in [0.5, 0.6) is 11.5 Å². The molecule has 0 bridgehead atoms. The van der Waals surface area contributed by atoms with E-state index < -0.39 is 24.2 Å². The Morgan fingerprint density at radius 3 is 2.53 bits per heavy atom. The van der Waals surface area contributed by atoms with E-state index in [1.165, 1.54) is 12.1 Å². The molecule has 3 aromatic rings. The zero-order chi connectivity index (χ0) is 20.9. The van der Waals surface area contributed by atoms with Crippen LogP contribution in [0.1, 0.15) is 29.9 Å². The van der Waals surface area contributed by atoms with Crippen molar-refractivity contribution in [2.75, 3.05) is 0 Å². The standard InChI is InChI=1S/C24H21FO5/c1-16(29-21-10-6-3-7-11-21)23(26)27-14-18-12-20(25)13-19-15-28-24(30-22(18)19)17-8-4-2-5-9-17/h2-13,16,24H,14-15H2,1H3. The number of halogens is 1. The van der Waals surface area contributed by atoms with E-state index in [0.717, 1.165) is 5.56 Å². The molecule has 0 spiro atoms. The first-order chi connectivity index (χ1) is 14.6. The van der Waals surface area contributed by atoms with Gasteiger partial charge in [-0.05, 0) is 31.2 Å². The number of esters is 1. The summed E-state index contributed by atoms with van der Waals surface area (Å²) in [5.74, 6) is 0.0412. The van der Waals surface area contributed by atoms with Crippen LogP contribution in [0.15, 0.2) is 72.8 Å². The van der Waals surface area contributed by atoms with Crippen molar-refractivity contribution in [3.05, 3.63) is 95.3 Å². The molecule has 1 heterocycles. The molecule has 6 heteroatoms. The topological polar surface area (TPSA) is 54.0 Å². The molecule has 2 atom stereocenters. The normalized spacial score (nSPS) is 16.1. The Bertz CT molecular complexity index is 1010. The predicted octanol–water partition coefficient (Wildman–Crippen LogP) is 4.94. The summed E-state index contributed by atoms with van der Waals surface area (Å²) in [5, 5.41) is 0. The van der Waals surface area contributed by atoms with Gasteiger partial charge in [-0.25, -0.2) is 9.18 Å². The summed E-state index contributed by atoms with van der Waals surface area (Å²) in [6, 6.07) is 21.1. The van der Waals surface area contributed by atoms with E-state index in [1.54, 1.807) is 19.1 Å². The highest BCUT2D eigenvalue weighted by molar-refractivity contribution is 5.74. The van der Waals surface area contributed by atoms with Crippen LogP contribution in [0.25, 0.3) is 0 Å². The highest BCUT2D eigenvalue weighted by Crippen LogP contribution is 2.36. The molecule has 1 aliphatic rings. The highest BCUT2D eigenvalue weighted by Gasteiger charge is 2.26. The predicted molar refractivity (Wildman–Crippen MR) is 107 cm³/mol. The van der Waals surface area contributed by atoms with Crippen LogP contribution in [0, 0.1) is 5.82 Å². The van der Waals surface area contributed by atoms with Gasteiger partial charge in [0.1, 0.15) is 23.9 Å². The number of rotatable bonds is 6. The molecular weight excluding hydrogens is 387 g/mol. The van der Waals surface area contributed by atoms with E-state index in [0.29, 0.717) is 22.6 Å². The lowest BCUT2D eigenvalue weighted by molar-refractivity contribution is -0.152. The molecule has 3 aromatic carbocycles. The third kappa shape index (κ3) is 4.60. The molecule has 1 aliphatic heterocycles.